The molecule has 0 radical (unpaired) electrons. The molecule has 0 aliphatic heterocycles. The fourth-order valence-electron chi connectivity index (χ4n) is 2.27. The number of nitrogens with zero attached hydrogens (tertiary/aromatic N) is 4. The lowest BCUT2D eigenvalue weighted by atomic mass is 10.1. The van der Waals surface area contributed by atoms with E-state index >= 15 is 0 Å². The Hall–Kier alpha value is -1.83. The fraction of sp³-hybridized carbons (Fsp3) is 0.688. The Bertz CT molecular complexity index is 492. The molecule has 1 rings (SSSR count). The van der Waals surface area contributed by atoms with Gasteiger partial charge in [0.05, 0.1) is 12.0 Å². The third kappa shape index (κ3) is 4.59. The molecule has 5 heteroatoms. The molecular formula is C16H27N5. The Morgan fingerprint density at radius 2 is 2.00 bits per heavy atom. The number of hydrogen-bond donors (Lipinski definition) is 1. The molecule has 5 nitrogen and oxygen atoms in total. The topological polar surface area (TPSA) is 64.8 Å². The predicted molar refractivity (Wildman–Crippen MR) is 87.6 cm³/mol. The quantitative estimate of drug-likeness (QED) is 0.796. The summed E-state index contributed by atoms with van der Waals surface area (Å²) >= 11 is 0. The lowest BCUT2D eigenvalue weighted by Gasteiger charge is -2.26. The second-order valence-electron chi connectivity index (χ2n) is 5.29. The zero-order chi connectivity index (χ0) is 15.8. The first-order chi connectivity index (χ1) is 10.1. The van der Waals surface area contributed by atoms with Gasteiger partial charge in [0.25, 0.3) is 0 Å². The Morgan fingerprint density at radius 1 is 1.29 bits per heavy atom. The number of aryl methyl sites for hydroxylation is 1. The smallest absolute Gasteiger partial charge is 0.137 e. The molecule has 0 saturated carbocycles. The standard InChI is InChI=1S/C16H27N5/c1-6-9-14-19-15(18-7-2)13(5)16(20-14)21(8-3)11-12(4)10-17/h12H,6-9,11H2,1-5H3,(H,18,19,20). The highest BCUT2D eigenvalue weighted by molar-refractivity contribution is 5.58. The molecular weight excluding hydrogens is 262 g/mol. The van der Waals surface area contributed by atoms with Crippen molar-refractivity contribution in [3.8, 4) is 6.07 Å². The summed E-state index contributed by atoms with van der Waals surface area (Å²) < 4.78 is 0. The minimum atomic E-state index is -0.0171. The molecule has 1 aromatic rings. The van der Waals surface area contributed by atoms with E-state index in [9.17, 15) is 0 Å². The maximum absolute atomic E-state index is 9.05. The van der Waals surface area contributed by atoms with Crippen LogP contribution in [0.1, 0.15) is 45.5 Å². The van der Waals surface area contributed by atoms with Crippen molar-refractivity contribution in [2.24, 2.45) is 5.92 Å². The summed E-state index contributed by atoms with van der Waals surface area (Å²) in [5, 5.41) is 12.4. The van der Waals surface area contributed by atoms with Crippen molar-refractivity contribution in [2.45, 2.75) is 47.5 Å². The van der Waals surface area contributed by atoms with Crippen molar-refractivity contribution in [2.75, 3.05) is 29.9 Å². The van der Waals surface area contributed by atoms with Crippen LogP contribution in [0, 0.1) is 24.2 Å². The van der Waals surface area contributed by atoms with Crippen molar-refractivity contribution in [3.63, 3.8) is 0 Å². The zero-order valence-corrected chi connectivity index (χ0v) is 13.9. The van der Waals surface area contributed by atoms with E-state index in [0.717, 1.165) is 49.0 Å². The van der Waals surface area contributed by atoms with Crippen LogP contribution < -0.4 is 10.2 Å². The predicted octanol–water partition coefficient (Wildman–Crippen LogP) is 3.16. The first kappa shape index (κ1) is 17.2. The molecule has 21 heavy (non-hydrogen) atoms. The molecule has 116 valence electrons. The second kappa shape index (κ2) is 8.46. The fourth-order valence-corrected chi connectivity index (χ4v) is 2.27. The van der Waals surface area contributed by atoms with E-state index in [1.807, 2.05) is 13.8 Å². The SMILES string of the molecule is CCCc1nc(NCC)c(C)c(N(CC)CC(C)C#N)n1. The molecule has 0 fully saturated rings. The van der Waals surface area contributed by atoms with Crippen LogP contribution in [0.4, 0.5) is 11.6 Å². The van der Waals surface area contributed by atoms with E-state index in [-0.39, 0.29) is 5.92 Å². The summed E-state index contributed by atoms with van der Waals surface area (Å²) in [6, 6.07) is 2.30. The van der Waals surface area contributed by atoms with Gasteiger partial charge in [0.2, 0.25) is 0 Å². The molecule has 1 unspecified atom stereocenters. The highest BCUT2D eigenvalue weighted by atomic mass is 15.2. The van der Waals surface area contributed by atoms with E-state index < -0.39 is 0 Å². The molecule has 1 heterocycles. The van der Waals surface area contributed by atoms with Crippen LogP contribution in [0.2, 0.25) is 0 Å². The zero-order valence-electron chi connectivity index (χ0n) is 13.9. The van der Waals surface area contributed by atoms with Gasteiger partial charge >= 0.3 is 0 Å². The van der Waals surface area contributed by atoms with Crippen LogP contribution in [0.5, 0.6) is 0 Å². The molecule has 0 aliphatic rings. The van der Waals surface area contributed by atoms with E-state index in [1.165, 1.54) is 0 Å². The number of nitrogens with one attached hydrogen (secondary N) is 1. The molecule has 0 aromatic carbocycles. The third-order valence-corrected chi connectivity index (χ3v) is 3.38. The van der Waals surface area contributed by atoms with E-state index in [4.69, 9.17) is 10.2 Å². The van der Waals surface area contributed by atoms with Crippen LogP contribution in [-0.2, 0) is 6.42 Å². The summed E-state index contributed by atoms with van der Waals surface area (Å²) in [6.45, 7) is 12.6. The molecule has 1 N–H and O–H groups in total. The van der Waals surface area contributed by atoms with E-state index in [2.05, 4.69) is 42.0 Å². The van der Waals surface area contributed by atoms with Crippen molar-refractivity contribution < 1.29 is 0 Å². The van der Waals surface area contributed by atoms with Crippen molar-refractivity contribution in [3.05, 3.63) is 11.4 Å². The Morgan fingerprint density at radius 3 is 2.52 bits per heavy atom. The Kier molecular flexibility index (Phi) is 6.93. The monoisotopic (exact) mass is 289 g/mol. The second-order valence-corrected chi connectivity index (χ2v) is 5.29. The van der Waals surface area contributed by atoms with Gasteiger partial charge in [0.1, 0.15) is 17.5 Å². The molecule has 0 spiro atoms. The summed E-state index contributed by atoms with van der Waals surface area (Å²) in [5.41, 5.74) is 1.06. The molecule has 0 aliphatic carbocycles. The van der Waals surface area contributed by atoms with Crippen LogP contribution in [0.25, 0.3) is 0 Å². The van der Waals surface area contributed by atoms with Crippen molar-refractivity contribution in [1.82, 2.24) is 9.97 Å². The maximum Gasteiger partial charge on any atom is 0.137 e. The summed E-state index contributed by atoms with van der Waals surface area (Å²) in [4.78, 5) is 11.5. The average molecular weight is 289 g/mol. The summed E-state index contributed by atoms with van der Waals surface area (Å²) in [6.07, 6.45) is 1.89. The van der Waals surface area contributed by atoms with E-state index in [0.29, 0.717) is 6.54 Å². The first-order valence-electron chi connectivity index (χ1n) is 7.83. The number of rotatable bonds is 8. The third-order valence-electron chi connectivity index (χ3n) is 3.38. The summed E-state index contributed by atoms with van der Waals surface area (Å²) in [7, 11) is 0. The molecule has 0 saturated heterocycles. The van der Waals surface area contributed by atoms with Crippen molar-refractivity contribution >= 4 is 11.6 Å². The van der Waals surface area contributed by atoms with Gasteiger partial charge in [-0.25, -0.2) is 9.97 Å². The molecule has 0 bridgehead atoms. The highest BCUT2D eigenvalue weighted by Gasteiger charge is 2.17. The number of aromatic nitrogens is 2. The van der Waals surface area contributed by atoms with Crippen LogP contribution >= 0.6 is 0 Å². The maximum atomic E-state index is 9.05. The van der Waals surface area contributed by atoms with Gasteiger partial charge < -0.3 is 10.2 Å². The van der Waals surface area contributed by atoms with Crippen molar-refractivity contribution in [1.29, 1.82) is 5.26 Å². The van der Waals surface area contributed by atoms with Gasteiger partial charge in [-0.05, 0) is 34.1 Å². The van der Waals surface area contributed by atoms with Gasteiger partial charge in [-0.2, -0.15) is 5.26 Å². The molecule has 1 atom stereocenters. The highest BCUT2D eigenvalue weighted by Crippen LogP contribution is 2.24. The summed E-state index contributed by atoms with van der Waals surface area (Å²) in [5.74, 6) is 2.72. The normalized spacial score (nSPS) is 11.8. The van der Waals surface area contributed by atoms with Crippen LogP contribution in [0.3, 0.4) is 0 Å². The van der Waals surface area contributed by atoms with Gasteiger partial charge in [-0.1, -0.05) is 6.92 Å². The van der Waals surface area contributed by atoms with Crippen LogP contribution in [0.15, 0.2) is 0 Å². The van der Waals surface area contributed by atoms with Crippen LogP contribution in [-0.4, -0.2) is 29.6 Å². The van der Waals surface area contributed by atoms with Gasteiger partial charge in [-0.3, -0.25) is 0 Å². The Balaban J connectivity index is 3.20. The Labute approximate surface area is 128 Å². The molecule has 1 aromatic heterocycles. The van der Waals surface area contributed by atoms with Gasteiger partial charge in [0.15, 0.2) is 0 Å². The average Bonchev–Trinajstić information content (AvgIpc) is 2.48. The minimum absolute atomic E-state index is 0.0171. The lowest BCUT2D eigenvalue weighted by molar-refractivity contribution is 0.673. The molecule has 0 amide bonds. The number of nitriles is 1. The van der Waals surface area contributed by atoms with Gasteiger partial charge in [-0.15, -0.1) is 0 Å². The lowest BCUT2D eigenvalue weighted by Crippen LogP contribution is -2.30. The first-order valence-corrected chi connectivity index (χ1v) is 7.83. The number of hydrogen-bond acceptors (Lipinski definition) is 5. The largest absolute Gasteiger partial charge is 0.370 e. The number of anilines is 2. The van der Waals surface area contributed by atoms with Gasteiger partial charge in [0, 0.05) is 31.6 Å². The minimum Gasteiger partial charge on any atom is -0.370 e. The van der Waals surface area contributed by atoms with E-state index in [1.54, 1.807) is 0 Å².